The van der Waals surface area contributed by atoms with Crippen LogP contribution in [0.5, 0.6) is 0 Å². The Morgan fingerprint density at radius 1 is 1.35 bits per heavy atom. The van der Waals surface area contributed by atoms with Gasteiger partial charge in [-0.15, -0.1) is 11.8 Å². The van der Waals surface area contributed by atoms with E-state index in [1.807, 2.05) is 23.9 Å². The lowest BCUT2D eigenvalue weighted by Crippen LogP contribution is -2.30. The lowest BCUT2D eigenvalue weighted by molar-refractivity contribution is 0.0455. The van der Waals surface area contributed by atoms with Gasteiger partial charge < -0.3 is 4.74 Å². The van der Waals surface area contributed by atoms with Crippen LogP contribution in [0.15, 0.2) is 34.2 Å². The van der Waals surface area contributed by atoms with Crippen LogP contribution in [-0.4, -0.2) is 24.5 Å². The molecule has 2 aliphatic rings. The highest BCUT2D eigenvalue weighted by atomic mass is 32.2. The molecule has 0 unspecified atom stereocenters. The normalized spacial score (nSPS) is 21.4. The second-order valence-corrected chi connectivity index (χ2v) is 5.85. The summed E-state index contributed by atoms with van der Waals surface area (Å²) in [6.45, 7) is 1.64. The second-order valence-electron chi connectivity index (χ2n) is 4.51. The molecule has 0 spiro atoms. The van der Waals surface area contributed by atoms with E-state index in [-0.39, 0.29) is 5.54 Å². The third kappa shape index (κ3) is 2.04. The number of hydrogen-bond donors (Lipinski definition) is 0. The Kier molecular flexibility index (Phi) is 2.79. The van der Waals surface area contributed by atoms with Crippen molar-refractivity contribution in [3.63, 3.8) is 0 Å². The third-order valence-corrected chi connectivity index (χ3v) is 4.49. The van der Waals surface area contributed by atoms with E-state index in [1.165, 1.54) is 10.5 Å². The van der Waals surface area contributed by atoms with Crippen molar-refractivity contribution in [2.45, 2.75) is 28.5 Å². The van der Waals surface area contributed by atoms with Gasteiger partial charge >= 0.3 is 0 Å². The molecule has 1 aromatic carbocycles. The Bertz CT molecular complexity index is 474. The predicted molar refractivity (Wildman–Crippen MR) is 65.9 cm³/mol. The zero-order valence-corrected chi connectivity index (χ0v) is 10.2. The number of benzene rings is 1. The summed E-state index contributed by atoms with van der Waals surface area (Å²) in [5.41, 5.74) is 0.913. The first-order chi connectivity index (χ1) is 8.34. The van der Waals surface area contributed by atoms with Gasteiger partial charge in [0.05, 0.1) is 24.0 Å². The van der Waals surface area contributed by atoms with E-state index in [4.69, 9.17) is 4.74 Å². The van der Waals surface area contributed by atoms with Crippen molar-refractivity contribution >= 4 is 17.8 Å². The fourth-order valence-corrected chi connectivity index (χ4v) is 3.29. The molecule has 0 N–H and O–H groups in total. The molecule has 17 heavy (non-hydrogen) atoms. The van der Waals surface area contributed by atoms with Crippen LogP contribution in [0.2, 0.25) is 0 Å². The summed E-state index contributed by atoms with van der Waals surface area (Å²) in [6, 6.07) is 8.23. The molecule has 3 rings (SSSR count). The summed E-state index contributed by atoms with van der Waals surface area (Å²) >= 11 is 1.83. The molecule has 1 heterocycles. The molecule has 1 aliphatic heterocycles. The average molecular weight is 247 g/mol. The van der Waals surface area contributed by atoms with Gasteiger partial charge in [0.1, 0.15) is 0 Å². The molecule has 0 bridgehead atoms. The summed E-state index contributed by atoms with van der Waals surface area (Å²) in [7, 11) is 0. The molecular weight excluding hydrogens is 234 g/mol. The maximum Gasteiger partial charge on any atom is 0.235 e. The summed E-state index contributed by atoms with van der Waals surface area (Å²) < 4.78 is 5.19. The number of hydrogen-bond acceptors (Lipinski definition) is 4. The SMILES string of the molecule is O=C=NC1(c2ccccc2SC2COC2)CC1. The van der Waals surface area contributed by atoms with Crippen molar-refractivity contribution in [1.82, 2.24) is 0 Å². The minimum atomic E-state index is -0.268. The molecule has 0 atom stereocenters. The van der Waals surface area contributed by atoms with E-state index in [0.717, 1.165) is 26.1 Å². The predicted octanol–water partition coefficient (Wildman–Crippen LogP) is 2.50. The van der Waals surface area contributed by atoms with Crippen LogP contribution in [0.4, 0.5) is 0 Å². The van der Waals surface area contributed by atoms with Gasteiger partial charge in [-0.25, -0.2) is 4.79 Å². The first-order valence-electron chi connectivity index (χ1n) is 5.77. The van der Waals surface area contributed by atoms with Gasteiger partial charge in [-0.1, -0.05) is 18.2 Å². The molecule has 1 saturated heterocycles. The van der Waals surface area contributed by atoms with Gasteiger partial charge in [0.15, 0.2) is 0 Å². The van der Waals surface area contributed by atoms with Gasteiger partial charge in [-0.05, 0) is 24.5 Å². The third-order valence-electron chi connectivity index (χ3n) is 3.27. The van der Waals surface area contributed by atoms with Crippen LogP contribution < -0.4 is 0 Å². The quantitative estimate of drug-likeness (QED) is 0.606. The lowest BCUT2D eigenvalue weighted by atomic mass is 10.1. The zero-order valence-electron chi connectivity index (χ0n) is 9.39. The standard InChI is InChI=1S/C13H13NO2S/c15-9-14-13(5-6-13)11-3-1-2-4-12(11)17-10-7-16-8-10/h1-4,10H,5-8H2. The molecule has 0 aromatic heterocycles. The van der Waals surface area contributed by atoms with E-state index in [1.54, 1.807) is 6.08 Å². The number of ether oxygens (including phenoxy) is 1. The fraction of sp³-hybridized carbons (Fsp3) is 0.462. The molecule has 1 saturated carbocycles. The molecule has 3 nitrogen and oxygen atoms in total. The maximum absolute atomic E-state index is 10.5. The molecule has 2 fully saturated rings. The molecule has 4 heteroatoms. The Morgan fingerprint density at radius 3 is 2.71 bits per heavy atom. The number of thioether (sulfide) groups is 1. The van der Waals surface area contributed by atoms with Gasteiger partial charge in [-0.3, -0.25) is 0 Å². The summed E-state index contributed by atoms with van der Waals surface area (Å²) in [5, 5.41) is 0.548. The molecular formula is C13H13NO2S. The number of carbonyl (C=O) groups excluding carboxylic acids is 1. The maximum atomic E-state index is 10.5. The fourth-order valence-electron chi connectivity index (χ4n) is 2.06. The minimum absolute atomic E-state index is 0.268. The first kappa shape index (κ1) is 11.0. The van der Waals surface area contributed by atoms with E-state index in [9.17, 15) is 4.79 Å². The van der Waals surface area contributed by atoms with E-state index in [0.29, 0.717) is 5.25 Å². The van der Waals surface area contributed by atoms with Crippen molar-refractivity contribution < 1.29 is 9.53 Å². The Balaban J connectivity index is 1.90. The summed E-state index contributed by atoms with van der Waals surface area (Å²) in [5.74, 6) is 0. The van der Waals surface area contributed by atoms with Crippen LogP contribution in [-0.2, 0) is 15.1 Å². The molecule has 0 amide bonds. The van der Waals surface area contributed by atoms with Crippen molar-refractivity contribution in [2.24, 2.45) is 4.99 Å². The Labute approximate surface area is 104 Å². The van der Waals surface area contributed by atoms with Crippen molar-refractivity contribution in [2.75, 3.05) is 13.2 Å². The van der Waals surface area contributed by atoms with Crippen LogP contribution in [0.1, 0.15) is 18.4 Å². The first-order valence-corrected chi connectivity index (χ1v) is 6.65. The Morgan fingerprint density at radius 2 is 2.12 bits per heavy atom. The molecule has 0 radical (unpaired) electrons. The van der Waals surface area contributed by atoms with Gasteiger partial charge in [-0.2, -0.15) is 4.99 Å². The highest BCUT2D eigenvalue weighted by Crippen LogP contribution is 2.52. The number of nitrogens with zero attached hydrogens (tertiary/aromatic N) is 1. The lowest BCUT2D eigenvalue weighted by Gasteiger charge is -2.26. The smallest absolute Gasteiger partial charge is 0.235 e. The highest BCUT2D eigenvalue weighted by Gasteiger charge is 2.46. The van der Waals surface area contributed by atoms with Crippen LogP contribution >= 0.6 is 11.8 Å². The molecule has 1 aromatic rings. The van der Waals surface area contributed by atoms with Crippen molar-refractivity contribution in [1.29, 1.82) is 0 Å². The highest BCUT2D eigenvalue weighted by molar-refractivity contribution is 8.00. The van der Waals surface area contributed by atoms with Gasteiger partial charge in [0, 0.05) is 4.90 Å². The Hall–Kier alpha value is -1.09. The van der Waals surface area contributed by atoms with E-state index < -0.39 is 0 Å². The second kappa shape index (κ2) is 4.30. The van der Waals surface area contributed by atoms with Crippen LogP contribution in [0.25, 0.3) is 0 Å². The minimum Gasteiger partial charge on any atom is -0.379 e. The van der Waals surface area contributed by atoms with Crippen LogP contribution in [0.3, 0.4) is 0 Å². The topological polar surface area (TPSA) is 38.7 Å². The molecule has 1 aliphatic carbocycles. The summed E-state index contributed by atoms with van der Waals surface area (Å²) in [4.78, 5) is 15.7. The number of isocyanates is 1. The van der Waals surface area contributed by atoms with Crippen molar-refractivity contribution in [3.05, 3.63) is 29.8 Å². The van der Waals surface area contributed by atoms with E-state index in [2.05, 4.69) is 17.1 Å². The van der Waals surface area contributed by atoms with Gasteiger partial charge in [0.25, 0.3) is 0 Å². The largest absolute Gasteiger partial charge is 0.379 e. The van der Waals surface area contributed by atoms with E-state index >= 15 is 0 Å². The van der Waals surface area contributed by atoms with Crippen molar-refractivity contribution in [3.8, 4) is 0 Å². The van der Waals surface area contributed by atoms with Gasteiger partial charge in [0.2, 0.25) is 6.08 Å². The number of rotatable bonds is 4. The zero-order chi connectivity index (χ0) is 11.7. The monoisotopic (exact) mass is 247 g/mol. The average Bonchev–Trinajstić information content (AvgIpc) is 3.06. The molecule has 88 valence electrons. The van der Waals surface area contributed by atoms with Crippen LogP contribution in [0, 0.1) is 0 Å². The summed E-state index contributed by atoms with van der Waals surface area (Å²) in [6.07, 6.45) is 3.64. The number of aliphatic imine (C=N–C) groups is 1.